The molecule has 100 valence electrons. The number of hydrogen-bond acceptors (Lipinski definition) is 1. The normalized spacial score (nSPS) is 10.7. The fourth-order valence-electron chi connectivity index (χ4n) is 2.08. The summed E-state index contributed by atoms with van der Waals surface area (Å²) in [6, 6.07) is 9.59. The molecule has 0 aliphatic carbocycles. The molecule has 1 N–H and O–H groups in total. The van der Waals surface area contributed by atoms with E-state index in [1.165, 1.54) is 12.1 Å². The molecular weight excluding hydrogens is 244 g/mol. The van der Waals surface area contributed by atoms with Gasteiger partial charge in [0.2, 0.25) is 0 Å². The lowest BCUT2D eigenvalue weighted by Crippen LogP contribution is -2.12. The van der Waals surface area contributed by atoms with Crippen LogP contribution in [0.2, 0.25) is 0 Å². The minimum Gasteiger partial charge on any atom is -0.313 e. The van der Waals surface area contributed by atoms with Crippen LogP contribution in [0.25, 0.3) is 11.1 Å². The van der Waals surface area contributed by atoms with Gasteiger partial charge in [-0.2, -0.15) is 0 Å². The third-order valence-corrected chi connectivity index (χ3v) is 3.00. The Hall–Kier alpha value is -1.74. The number of rotatable bonds is 4. The molecule has 1 nitrogen and oxygen atoms in total. The molecule has 2 aromatic rings. The van der Waals surface area contributed by atoms with Crippen LogP contribution >= 0.6 is 0 Å². The smallest absolute Gasteiger partial charge is 0.126 e. The zero-order valence-corrected chi connectivity index (χ0v) is 11.1. The Kier molecular flexibility index (Phi) is 4.27. The fourth-order valence-corrected chi connectivity index (χ4v) is 2.08. The van der Waals surface area contributed by atoms with Crippen molar-refractivity contribution in [1.29, 1.82) is 0 Å². The Balaban J connectivity index is 2.49. The molecule has 0 saturated heterocycles. The van der Waals surface area contributed by atoms with Gasteiger partial charge < -0.3 is 5.32 Å². The first-order valence-electron chi connectivity index (χ1n) is 6.37. The third-order valence-electron chi connectivity index (χ3n) is 3.00. The summed E-state index contributed by atoms with van der Waals surface area (Å²) in [5.41, 5.74) is 3.56. The van der Waals surface area contributed by atoms with Crippen molar-refractivity contribution in [1.82, 2.24) is 5.32 Å². The van der Waals surface area contributed by atoms with Crippen LogP contribution in [0.15, 0.2) is 36.4 Å². The predicted molar refractivity (Wildman–Crippen MR) is 73.9 cm³/mol. The van der Waals surface area contributed by atoms with Crippen molar-refractivity contribution in [2.45, 2.75) is 20.4 Å². The van der Waals surface area contributed by atoms with Crippen LogP contribution in [-0.4, -0.2) is 6.54 Å². The van der Waals surface area contributed by atoms with Crippen molar-refractivity contribution in [3.8, 4) is 11.1 Å². The van der Waals surface area contributed by atoms with E-state index in [1.54, 1.807) is 0 Å². The van der Waals surface area contributed by atoms with Gasteiger partial charge in [-0.15, -0.1) is 0 Å². The van der Waals surface area contributed by atoms with E-state index in [1.807, 2.05) is 32.0 Å². The summed E-state index contributed by atoms with van der Waals surface area (Å²) in [6.07, 6.45) is 0. The first-order valence-corrected chi connectivity index (χ1v) is 6.37. The summed E-state index contributed by atoms with van der Waals surface area (Å²) in [5, 5.41) is 3.24. The highest BCUT2D eigenvalue weighted by atomic mass is 19.1. The van der Waals surface area contributed by atoms with Crippen molar-refractivity contribution in [2.75, 3.05) is 6.54 Å². The van der Waals surface area contributed by atoms with Gasteiger partial charge in [0.05, 0.1) is 0 Å². The summed E-state index contributed by atoms with van der Waals surface area (Å²) < 4.78 is 26.7. The van der Waals surface area contributed by atoms with Crippen LogP contribution in [0.1, 0.15) is 18.1 Å². The molecule has 0 spiro atoms. The van der Waals surface area contributed by atoms with E-state index in [4.69, 9.17) is 0 Å². The maximum Gasteiger partial charge on any atom is 0.126 e. The standard InChI is InChI=1S/C16H17F2N/c1-3-19-10-12-5-4-11(2)6-16(12)13-7-14(17)9-15(18)8-13/h4-9,19H,3,10H2,1-2H3. The molecule has 0 fully saturated rings. The number of halogens is 2. The van der Waals surface area contributed by atoms with E-state index in [2.05, 4.69) is 5.32 Å². The molecule has 0 saturated carbocycles. The van der Waals surface area contributed by atoms with E-state index >= 15 is 0 Å². The molecule has 0 aliphatic rings. The second kappa shape index (κ2) is 5.93. The van der Waals surface area contributed by atoms with Crippen molar-refractivity contribution in [2.24, 2.45) is 0 Å². The Morgan fingerprint density at radius 3 is 2.32 bits per heavy atom. The molecule has 0 heterocycles. The van der Waals surface area contributed by atoms with Crippen molar-refractivity contribution in [3.05, 3.63) is 59.2 Å². The first kappa shape index (κ1) is 13.7. The van der Waals surface area contributed by atoms with E-state index in [0.29, 0.717) is 12.1 Å². The predicted octanol–water partition coefficient (Wildman–Crippen LogP) is 4.05. The zero-order valence-electron chi connectivity index (χ0n) is 11.1. The Morgan fingerprint density at radius 2 is 1.68 bits per heavy atom. The van der Waals surface area contributed by atoms with E-state index < -0.39 is 11.6 Å². The van der Waals surface area contributed by atoms with Gasteiger partial charge >= 0.3 is 0 Å². The Labute approximate surface area is 112 Å². The highest BCUT2D eigenvalue weighted by molar-refractivity contribution is 5.68. The number of nitrogens with one attached hydrogen (secondary N) is 1. The maximum absolute atomic E-state index is 13.3. The quantitative estimate of drug-likeness (QED) is 0.875. The van der Waals surface area contributed by atoms with E-state index in [-0.39, 0.29) is 0 Å². The second-order valence-electron chi connectivity index (χ2n) is 4.60. The molecule has 0 aromatic heterocycles. The monoisotopic (exact) mass is 261 g/mol. The second-order valence-corrected chi connectivity index (χ2v) is 4.60. The molecule has 0 unspecified atom stereocenters. The molecule has 0 atom stereocenters. The molecule has 2 aromatic carbocycles. The largest absolute Gasteiger partial charge is 0.313 e. The lowest BCUT2D eigenvalue weighted by molar-refractivity contribution is 0.584. The lowest BCUT2D eigenvalue weighted by Gasteiger charge is -2.12. The average Bonchev–Trinajstić information content (AvgIpc) is 2.36. The molecule has 2 rings (SSSR count). The van der Waals surface area contributed by atoms with Crippen molar-refractivity contribution >= 4 is 0 Å². The number of aryl methyl sites for hydroxylation is 1. The molecule has 19 heavy (non-hydrogen) atoms. The van der Waals surface area contributed by atoms with Gasteiger partial charge in [-0.1, -0.05) is 30.7 Å². The summed E-state index contributed by atoms with van der Waals surface area (Å²) in [6.45, 7) is 5.53. The van der Waals surface area contributed by atoms with Crippen LogP contribution in [0, 0.1) is 18.6 Å². The SMILES string of the molecule is CCNCc1ccc(C)cc1-c1cc(F)cc(F)c1. The minimum atomic E-state index is -0.550. The van der Waals surface area contributed by atoms with Crippen LogP contribution < -0.4 is 5.32 Å². The highest BCUT2D eigenvalue weighted by Crippen LogP contribution is 2.26. The average molecular weight is 261 g/mol. The van der Waals surface area contributed by atoms with Gasteiger partial charge in [0.25, 0.3) is 0 Å². The lowest BCUT2D eigenvalue weighted by atomic mass is 9.97. The molecule has 3 heteroatoms. The van der Waals surface area contributed by atoms with Gasteiger partial charge in [-0.05, 0) is 42.3 Å². The van der Waals surface area contributed by atoms with Crippen LogP contribution in [0.5, 0.6) is 0 Å². The molecule has 0 bridgehead atoms. The van der Waals surface area contributed by atoms with Crippen LogP contribution in [0.3, 0.4) is 0 Å². The molecule has 0 amide bonds. The molecule has 0 aliphatic heterocycles. The Morgan fingerprint density at radius 1 is 1.00 bits per heavy atom. The van der Waals surface area contributed by atoms with Gasteiger partial charge in [0, 0.05) is 12.6 Å². The summed E-state index contributed by atoms with van der Waals surface area (Å²) in [5.74, 6) is -1.10. The third kappa shape index (κ3) is 3.38. The van der Waals surface area contributed by atoms with Gasteiger partial charge in [-0.3, -0.25) is 0 Å². The van der Waals surface area contributed by atoms with E-state index in [9.17, 15) is 8.78 Å². The van der Waals surface area contributed by atoms with E-state index in [0.717, 1.165) is 29.3 Å². The summed E-state index contributed by atoms with van der Waals surface area (Å²) >= 11 is 0. The first-order chi connectivity index (χ1) is 9.10. The fraction of sp³-hybridized carbons (Fsp3) is 0.250. The summed E-state index contributed by atoms with van der Waals surface area (Å²) in [7, 11) is 0. The van der Waals surface area contributed by atoms with Gasteiger partial charge in [0.1, 0.15) is 11.6 Å². The van der Waals surface area contributed by atoms with Crippen molar-refractivity contribution < 1.29 is 8.78 Å². The van der Waals surface area contributed by atoms with Crippen molar-refractivity contribution in [3.63, 3.8) is 0 Å². The van der Waals surface area contributed by atoms with Gasteiger partial charge in [-0.25, -0.2) is 8.78 Å². The van der Waals surface area contributed by atoms with Crippen LogP contribution in [0.4, 0.5) is 8.78 Å². The topological polar surface area (TPSA) is 12.0 Å². The summed E-state index contributed by atoms with van der Waals surface area (Å²) in [4.78, 5) is 0. The highest BCUT2D eigenvalue weighted by Gasteiger charge is 2.08. The minimum absolute atomic E-state index is 0.550. The Bertz CT molecular complexity index is 559. The maximum atomic E-state index is 13.3. The van der Waals surface area contributed by atoms with Gasteiger partial charge in [0.15, 0.2) is 0 Å². The number of benzene rings is 2. The number of hydrogen-bond donors (Lipinski definition) is 1. The molecule has 0 radical (unpaired) electrons. The zero-order chi connectivity index (χ0) is 13.8. The van der Waals surface area contributed by atoms with Crippen LogP contribution in [-0.2, 0) is 6.54 Å². The molecular formula is C16H17F2N.